The summed E-state index contributed by atoms with van der Waals surface area (Å²) in [5.74, 6) is -2.27. The lowest BCUT2D eigenvalue weighted by Crippen LogP contribution is -2.10. The fourth-order valence-electron chi connectivity index (χ4n) is 2.06. The average molecular weight is 241 g/mol. The molecule has 2 aromatic rings. The van der Waals surface area contributed by atoms with Crippen LogP contribution in [0.3, 0.4) is 0 Å². The maximum atomic E-state index is 13.3. The molecule has 1 aliphatic carbocycles. The summed E-state index contributed by atoms with van der Waals surface area (Å²) < 4.78 is 13.3. The highest BCUT2D eigenvalue weighted by molar-refractivity contribution is 6.36. The molecule has 1 heterocycles. The number of hydrogen-bond donors (Lipinski definition) is 1. The molecule has 0 saturated heterocycles. The number of Topliss-reactive ketones (excluding diaryl/α,β-unsaturated/α-hetero) is 1. The fourth-order valence-corrected chi connectivity index (χ4v) is 2.06. The first kappa shape index (κ1) is 10.7. The second-order valence-electron chi connectivity index (χ2n) is 4.03. The van der Waals surface area contributed by atoms with Crippen molar-refractivity contribution in [1.82, 2.24) is 4.98 Å². The van der Waals surface area contributed by atoms with E-state index < -0.39 is 17.4 Å². The molecule has 0 saturated carbocycles. The topological polar surface area (TPSA) is 49.9 Å². The lowest BCUT2D eigenvalue weighted by atomic mass is 9.95. The first-order valence-electron chi connectivity index (χ1n) is 5.41. The Labute approximate surface area is 102 Å². The molecule has 3 rings (SSSR count). The van der Waals surface area contributed by atoms with Gasteiger partial charge in [-0.15, -0.1) is 0 Å². The minimum absolute atomic E-state index is 0.0949. The Hall–Kier alpha value is -2.49. The minimum Gasteiger partial charge on any atom is -0.361 e. The first-order valence-corrected chi connectivity index (χ1v) is 5.41. The number of ketones is 2. The second kappa shape index (κ2) is 3.77. The quantitative estimate of drug-likeness (QED) is 0.780. The fraction of sp³-hybridized carbons (Fsp3) is 0. The minimum atomic E-state index is -1.01. The maximum Gasteiger partial charge on any atom is 0.222 e. The Bertz CT molecular complexity index is 737. The van der Waals surface area contributed by atoms with E-state index in [1.807, 2.05) is 24.3 Å². The van der Waals surface area contributed by atoms with Gasteiger partial charge in [0.2, 0.25) is 5.78 Å². The van der Waals surface area contributed by atoms with Crippen molar-refractivity contribution in [3.8, 4) is 0 Å². The van der Waals surface area contributed by atoms with Crippen LogP contribution in [0.1, 0.15) is 5.56 Å². The number of nitrogens with one attached hydrogen (secondary N) is 1. The van der Waals surface area contributed by atoms with E-state index in [2.05, 4.69) is 4.98 Å². The largest absolute Gasteiger partial charge is 0.361 e. The van der Waals surface area contributed by atoms with E-state index in [1.54, 1.807) is 6.20 Å². The maximum absolute atomic E-state index is 13.3. The highest BCUT2D eigenvalue weighted by Gasteiger charge is 2.24. The molecule has 0 aliphatic heterocycles. The molecular weight excluding hydrogens is 233 g/mol. The van der Waals surface area contributed by atoms with Gasteiger partial charge in [0.15, 0.2) is 11.6 Å². The molecule has 0 amide bonds. The van der Waals surface area contributed by atoms with Crippen LogP contribution in [0.2, 0.25) is 0 Å². The van der Waals surface area contributed by atoms with E-state index in [1.165, 1.54) is 6.08 Å². The number of H-pyrrole nitrogens is 1. The summed E-state index contributed by atoms with van der Waals surface area (Å²) >= 11 is 0. The number of allylic oxidation sites excluding steroid dienone is 4. The number of fused-ring (bicyclic) bond motifs is 1. The lowest BCUT2D eigenvalue weighted by Gasteiger charge is -2.07. The van der Waals surface area contributed by atoms with E-state index in [0.717, 1.165) is 10.9 Å². The summed E-state index contributed by atoms with van der Waals surface area (Å²) in [5, 5.41) is 0.791. The Kier molecular flexibility index (Phi) is 2.23. The van der Waals surface area contributed by atoms with Crippen molar-refractivity contribution in [2.45, 2.75) is 0 Å². The van der Waals surface area contributed by atoms with Crippen molar-refractivity contribution in [2.75, 3.05) is 0 Å². The van der Waals surface area contributed by atoms with Gasteiger partial charge in [0, 0.05) is 34.3 Å². The first-order chi connectivity index (χ1) is 8.66. The number of rotatable bonds is 1. The van der Waals surface area contributed by atoms with Gasteiger partial charge in [0.05, 0.1) is 0 Å². The van der Waals surface area contributed by atoms with Crippen LogP contribution in [0.25, 0.3) is 16.5 Å². The highest BCUT2D eigenvalue weighted by Crippen LogP contribution is 2.29. The van der Waals surface area contributed by atoms with Crippen molar-refractivity contribution < 1.29 is 14.0 Å². The van der Waals surface area contributed by atoms with E-state index in [4.69, 9.17) is 0 Å². The molecule has 88 valence electrons. The van der Waals surface area contributed by atoms with Gasteiger partial charge in [-0.25, -0.2) is 4.39 Å². The van der Waals surface area contributed by atoms with Gasteiger partial charge in [0.1, 0.15) is 0 Å². The van der Waals surface area contributed by atoms with Crippen LogP contribution in [0.15, 0.2) is 48.4 Å². The molecule has 0 atom stereocenters. The molecule has 1 aromatic carbocycles. The van der Waals surface area contributed by atoms with E-state index >= 15 is 0 Å². The molecule has 0 fully saturated rings. The predicted molar refractivity (Wildman–Crippen MR) is 65.5 cm³/mol. The molecule has 1 aliphatic rings. The normalized spacial score (nSPS) is 15.8. The number of carbonyl (C=O) groups excluding carboxylic acids is 2. The monoisotopic (exact) mass is 241 g/mol. The van der Waals surface area contributed by atoms with Gasteiger partial charge < -0.3 is 4.98 Å². The summed E-state index contributed by atoms with van der Waals surface area (Å²) in [6.45, 7) is 0. The van der Waals surface area contributed by atoms with Crippen LogP contribution in [-0.4, -0.2) is 16.6 Å². The summed E-state index contributed by atoms with van der Waals surface area (Å²) in [6, 6.07) is 7.34. The lowest BCUT2D eigenvalue weighted by molar-refractivity contribution is -0.114. The van der Waals surface area contributed by atoms with Gasteiger partial charge >= 0.3 is 0 Å². The Morgan fingerprint density at radius 2 is 1.83 bits per heavy atom. The summed E-state index contributed by atoms with van der Waals surface area (Å²) in [7, 11) is 0. The summed E-state index contributed by atoms with van der Waals surface area (Å²) in [4.78, 5) is 26.0. The van der Waals surface area contributed by atoms with Crippen molar-refractivity contribution in [3.05, 3.63) is 54.0 Å². The average Bonchev–Trinajstić information content (AvgIpc) is 2.77. The third kappa shape index (κ3) is 1.50. The molecule has 1 N–H and O–H groups in total. The zero-order valence-corrected chi connectivity index (χ0v) is 9.24. The SMILES string of the molecule is O=C1C=C(F)C(=O)C(c2c[nH]c3ccccc23)=C1. The number of benzene rings is 1. The second-order valence-corrected chi connectivity index (χ2v) is 4.03. The smallest absolute Gasteiger partial charge is 0.222 e. The van der Waals surface area contributed by atoms with E-state index in [9.17, 15) is 14.0 Å². The predicted octanol–water partition coefficient (Wildman–Crippen LogP) is 2.56. The van der Waals surface area contributed by atoms with Crippen LogP contribution in [0, 0.1) is 0 Å². The zero-order chi connectivity index (χ0) is 12.7. The number of aromatic nitrogens is 1. The molecule has 0 unspecified atom stereocenters. The third-order valence-electron chi connectivity index (χ3n) is 2.90. The van der Waals surface area contributed by atoms with Crippen LogP contribution in [0.4, 0.5) is 4.39 Å². The van der Waals surface area contributed by atoms with E-state index in [0.29, 0.717) is 11.6 Å². The van der Waals surface area contributed by atoms with Gasteiger partial charge in [-0.3, -0.25) is 9.59 Å². The number of carbonyl (C=O) groups is 2. The van der Waals surface area contributed by atoms with Crippen molar-refractivity contribution in [3.63, 3.8) is 0 Å². The standard InChI is InChI=1S/C14H8FNO2/c15-12-6-8(17)5-10(14(12)18)11-7-16-13-4-2-1-3-9(11)13/h1-7,16H. The number of aromatic amines is 1. The Balaban J connectivity index is 2.21. The molecule has 4 heteroatoms. The van der Waals surface area contributed by atoms with Gasteiger partial charge in [-0.05, 0) is 12.1 Å². The van der Waals surface area contributed by atoms with Crippen LogP contribution in [0.5, 0.6) is 0 Å². The molecule has 18 heavy (non-hydrogen) atoms. The highest BCUT2D eigenvalue weighted by atomic mass is 19.1. The molecule has 0 radical (unpaired) electrons. The molecule has 0 spiro atoms. The van der Waals surface area contributed by atoms with Crippen LogP contribution < -0.4 is 0 Å². The van der Waals surface area contributed by atoms with Gasteiger partial charge in [-0.1, -0.05) is 18.2 Å². The van der Waals surface area contributed by atoms with Crippen LogP contribution >= 0.6 is 0 Å². The summed E-state index contributed by atoms with van der Waals surface area (Å²) in [6.07, 6.45) is 3.49. The number of para-hydroxylation sites is 1. The van der Waals surface area contributed by atoms with Gasteiger partial charge in [0.25, 0.3) is 0 Å². The number of hydrogen-bond acceptors (Lipinski definition) is 2. The number of halogens is 1. The van der Waals surface area contributed by atoms with Crippen molar-refractivity contribution in [2.24, 2.45) is 0 Å². The summed E-state index contributed by atoms with van der Waals surface area (Å²) in [5.41, 5.74) is 1.48. The Morgan fingerprint density at radius 1 is 1.06 bits per heavy atom. The van der Waals surface area contributed by atoms with Crippen molar-refractivity contribution >= 4 is 28.0 Å². The zero-order valence-electron chi connectivity index (χ0n) is 9.24. The van der Waals surface area contributed by atoms with E-state index in [-0.39, 0.29) is 5.57 Å². The Morgan fingerprint density at radius 3 is 2.67 bits per heavy atom. The van der Waals surface area contributed by atoms with Crippen LogP contribution in [-0.2, 0) is 9.59 Å². The molecule has 3 nitrogen and oxygen atoms in total. The van der Waals surface area contributed by atoms with Crippen molar-refractivity contribution in [1.29, 1.82) is 0 Å². The third-order valence-corrected chi connectivity index (χ3v) is 2.90. The molecular formula is C14H8FNO2. The molecule has 1 aromatic heterocycles. The van der Waals surface area contributed by atoms with Gasteiger partial charge in [-0.2, -0.15) is 0 Å². The molecule has 0 bridgehead atoms.